The maximum atomic E-state index is 13.8. The molecule has 0 heterocycles. The van der Waals surface area contributed by atoms with Crippen LogP contribution in [0.15, 0.2) is 82.2 Å². The van der Waals surface area contributed by atoms with Crippen molar-refractivity contribution in [2.75, 3.05) is 19.7 Å². The number of carbonyl (C=O) groups excluding carboxylic acids is 1. The van der Waals surface area contributed by atoms with E-state index in [-0.39, 0.29) is 29.5 Å². The van der Waals surface area contributed by atoms with Gasteiger partial charge in [-0.1, -0.05) is 61.2 Å². The molecule has 0 saturated carbocycles. The van der Waals surface area contributed by atoms with E-state index >= 15 is 0 Å². The summed E-state index contributed by atoms with van der Waals surface area (Å²) in [6.07, 6.45) is 10.1. The fourth-order valence-corrected chi connectivity index (χ4v) is 7.43. The summed E-state index contributed by atoms with van der Waals surface area (Å²) in [5.41, 5.74) is 1.91. The number of rotatable bonds is 11. The lowest BCUT2D eigenvalue weighted by molar-refractivity contribution is -0.137. The average molecular weight is 585 g/mol. The van der Waals surface area contributed by atoms with E-state index in [4.69, 9.17) is 11.2 Å². The molecule has 1 aliphatic carbocycles. The Labute approximate surface area is 238 Å². The molecule has 8 nitrogen and oxygen atoms in total. The topological polar surface area (TPSA) is 101 Å². The lowest BCUT2D eigenvalue weighted by Gasteiger charge is -2.31. The van der Waals surface area contributed by atoms with Gasteiger partial charge in [-0.15, -0.1) is 6.42 Å². The van der Waals surface area contributed by atoms with Gasteiger partial charge in [-0.25, -0.2) is 21.6 Å². The minimum Gasteiger partial charge on any atom is -0.463 e. The molecule has 2 aromatic carbocycles. The van der Waals surface area contributed by atoms with E-state index in [2.05, 4.69) is 5.92 Å². The van der Waals surface area contributed by atoms with Gasteiger partial charge in [-0.05, 0) is 62.4 Å². The van der Waals surface area contributed by atoms with Crippen molar-refractivity contribution in [1.82, 2.24) is 8.61 Å². The van der Waals surface area contributed by atoms with Crippen molar-refractivity contribution in [2.45, 2.75) is 56.9 Å². The van der Waals surface area contributed by atoms with Crippen LogP contribution in [-0.2, 0) is 29.6 Å². The monoisotopic (exact) mass is 584 g/mol. The fourth-order valence-electron chi connectivity index (χ4n) is 4.60. The maximum absolute atomic E-state index is 13.8. The fraction of sp³-hybridized carbons (Fsp3) is 0.367. The number of sulfonamides is 2. The van der Waals surface area contributed by atoms with Gasteiger partial charge in [-0.3, -0.25) is 4.31 Å². The number of hydrogen-bond acceptors (Lipinski definition) is 6. The molecule has 40 heavy (non-hydrogen) atoms. The largest absolute Gasteiger partial charge is 0.463 e. The molecule has 0 aromatic heterocycles. The molecule has 1 atom stereocenters. The smallest absolute Gasteiger partial charge is 0.332 e. The zero-order chi connectivity index (χ0) is 29.7. The van der Waals surface area contributed by atoms with E-state index in [0.717, 1.165) is 27.7 Å². The third-order valence-electron chi connectivity index (χ3n) is 6.58. The first-order chi connectivity index (χ1) is 18.7. The first-order valence-electron chi connectivity index (χ1n) is 12.9. The van der Waals surface area contributed by atoms with E-state index in [1.807, 2.05) is 33.8 Å². The molecule has 0 radical (unpaired) electrons. The summed E-state index contributed by atoms with van der Waals surface area (Å²) in [4.78, 5) is 12.2. The molecule has 0 bridgehead atoms. The van der Waals surface area contributed by atoms with E-state index in [1.54, 1.807) is 31.2 Å². The predicted molar refractivity (Wildman–Crippen MR) is 155 cm³/mol. The van der Waals surface area contributed by atoms with Crippen molar-refractivity contribution < 1.29 is 26.4 Å². The Morgan fingerprint density at radius 1 is 1.00 bits per heavy atom. The van der Waals surface area contributed by atoms with Crippen molar-refractivity contribution in [3.8, 4) is 12.3 Å². The highest BCUT2D eigenvalue weighted by Gasteiger charge is 2.41. The van der Waals surface area contributed by atoms with Crippen LogP contribution in [0.25, 0.3) is 0 Å². The number of benzene rings is 2. The van der Waals surface area contributed by atoms with Gasteiger partial charge < -0.3 is 4.74 Å². The number of carbonyl (C=O) groups is 1. The molecular formula is C30H36N2O6S2. The summed E-state index contributed by atoms with van der Waals surface area (Å²) in [6.45, 7) is 9.01. The van der Waals surface area contributed by atoms with Crippen LogP contribution >= 0.6 is 0 Å². The van der Waals surface area contributed by atoms with Crippen molar-refractivity contribution >= 4 is 26.0 Å². The maximum Gasteiger partial charge on any atom is 0.332 e. The first-order valence-corrected chi connectivity index (χ1v) is 15.8. The third-order valence-corrected chi connectivity index (χ3v) is 10.2. The number of nitrogens with zero attached hydrogens (tertiary/aromatic N) is 2. The lowest BCUT2D eigenvalue weighted by Crippen LogP contribution is -2.43. The van der Waals surface area contributed by atoms with Gasteiger partial charge in [0.1, 0.15) is 0 Å². The van der Waals surface area contributed by atoms with Crippen LogP contribution in [-0.4, -0.2) is 57.2 Å². The molecule has 214 valence electrons. The third kappa shape index (κ3) is 7.22. The Kier molecular flexibility index (Phi) is 9.67. The van der Waals surface area contributed by atoms with E-state index in [1.165, 1.54) is 28.6 Å². The zero-order valence-corrected chi connectivity index (χ0v) is 25.1. The molecule has 1 aliphatic rings. The van der Waals surface area contributed by atoms with Crippen LogP contribution in [0.5, 0.6) is 0 Å². The second kappa shape index (κ2) is 12.4. The molecular weight excluding hydrogens is 548 g/mol. The van der Waals surface area contributed by atoms with Crippen molar-refractivity contribution in [1.29, 1.82) is 0 Å². The number of esters is 1. The average Bonchev–Trinajstić information content (AvgIpc) is 3.18. The molecule has 0 N–H and O–H groups in total. The van der Waals surface area contributed by atoms with Crippen LogP contribution in [0.4, 0.5) is 0 Å². The molecule has 0 spiro atoms. The van der Waals surface area contributed by atoms with E-state index in [9.17, 15) is 21.6 Å². The van der Waals surface area contributed by atoms with Crippen LogP contribution in [0.1, 0.15) is 38.3 Å². The molecule has 3 rings (SSSR count). The quantitative estimate of drug-likeness (QED) is 0.168. The SMILES string of the molecule is C#CCN(C1CC(C)(C)C=C1CN(/C=C/C(=O)OCC)S(=O)(=O)c1ccc(C)cc1)S(=O)(=O)c1ccc(C)cc1. The summed E-state index contributed by atoms with van der Waals surface area (Å²) < 4.78 is 62.3. The summed E-state index contributed by atoms with van der Waals surface area (Å²) >= 11 is 0. The van der Waals surface area contributed by atoms with E-state index in [0.29, 0.717) is 12.0 Å². The number of terminal acetylenes is 1. The highest BCUT2D eigenvalue weighted by atomic mass is 32.2. The van der Waals surface area contributed by atoms with Gasteiger partial charge in [0, 0.05) is 18.3 Å². The second-order valence-electron chi connectivity index (χ2n) is 10.4. The van der Waals surface area contributed by atoms with Crippen molar-refractivity contribution in [2.24, 2.45) is 5.41 Å². The summed E-state index contributed by atoms with van der Waals surface area (Å²) in [5, 5.41) is 0. The summed E-state index contributed by atoms with van der Waals surface area (Å²) in [5.74, 6) is 1.77. The zero-order valence-electron chi connectivity index (χ0n) is 23.5. The van der Waals surface area contributed by atoms with E-state index < -0.39 is 37.5 Å². The predicted octanol–water partition coefficient (Wildman–Crippen LogP) is 4.42. The summed E-state index contributed by atoms with van der Waals surface area (Å²) in [7, 11) is -8.14. The Hall–Kier alpha value is -3.39. The number of aryl methyl sites for hydroxylation is 2. The normalized spacial score (nSPS) is 17.0. The molecule has 0 fully saturated rings. The number of allylic oxidation sites excluding steroid dienone is 1. The molecule has 0 saturated heterocycles. The Morgan fingerprint density at radius 3 is 2.02 bits per heavy atom. The molecule has 2 aromatic rings. The van der Waals surface area contributed by atoms with Crippen LogP contribution in [0.2, 0.25) is 0 Å². The van der Waals surface area contributed by atoms with Crippen LogP contribution < -0.4 is 0 Å². The minimum absolute atomic E-state index is 0.0359. The highest BCUT2D eigenvalue weighted by molar-refractivity contribution is 7.89. The Bertz CT molecular complexity index is 1530. The van der Waals surface area contributed by atoms with Gasteiger partial charge in [-0.2, -0.15) is 4.31 Å². The van der Waals surface area contributed by atoms with Crippen molar-refractivity contribution in [3.05, 3.63) is 83.6 Å². The first kappa shape index (κ1) is 31.1. The van der Waals surface area contributed by atoms with Gasteiger partial charge in [0.05, 0.1) is 29.5 Å². The molecule has 0 amide bonds. The molecule has 1 unspecified atom stereocenters. The van der Waals surface area contributed by atoms with Gasteiger partial charge in [0.2, 0.25) is 10.0 Å². The summed E-state index contributed by atoms with van der Waals surface area (Å²) in [6, 6.07) is 12.2. The molecule has 10 heteroatoms. The van der Waals surface area contributed by atoms with Crippen molar-refractivity contribution in [3.63, 3.8) is 0 Å². The van der Waals surface area contributed by atoms with Crippen LogP contribution in [0, 0.1) is 31.6 Å². The minimum atomic E-state index is -4.12. The second-order valence-corrected chi connectivity index (χ2v) is 14.2. The Balaban J connectivity index is 2.08. The highest BCUT2D eigenvalue weighted by Crippen LogP contribution is 2.40. The number of hydrogen-bond donors (Lipinski definition) is 0. The van der Waals surface area contributed by atoms with Crippen LogP contribution in [0.3, 0.4) is 0 Å². The lowest BCUT2D eigenvalue weighted by atomic mass is 9.92. The standard InChI is InChI=1S/C30H36N2O6S2/c1-7-18-32(40(36,37)27-15-11-24(4)12-16-27)28-21-30(5,6)20-25(28)22-31(19-17-29(33)38-8-2)39(34,35)26-13-9-23(3)10-14-26/h1,9-17,19-20,28H,8,18,21-22H2,2-6H3/b19-17+. The van der Waals surface area contributed by atoms with Gasteiger partial charge >= 0.3 is 5.97 Å². The van der Waals surface area contributed by atoms with Gasteiger partial charge in [0.25, 0.3) is 10.0 Å². The Morgan fingerprint density at radius 2 is 1.52 bits per heavy atom. The number of ether oxygens (including phenoxy) is 1. The van der Waals surface area contributed by atoms with Gasteiger partial charge in [0.15, 0.2) is 0 Å². The molecule has 0 aliphatic heterocycles.